The van der Waals surface area contributed by atoms with Gasteiger partial charge in [-0.1, -0.05) is 59.6 Å². The molecule has 0 fully saturated rings. The van der Waals surface area contributed by atoms with E-state index in [0.29, 0.717) is 15.9 Å². The van der Waals surface area contributed by atoms with E-state index in [0.717, 1.165) is 28.6 Å². The molecule has 4 aromatic rings. The number of nitrogens with one attached hydrogen (secondary N) is 2. The summed E-state index contributed by atoms with van der Waals surface area (Å²) in [4.78, 5) is 20.4. The number of imidazole rings is 1. The third-order valence-electron chi connectivity index (χ3n) is 5.23. The number of carbonyl (C=O) groups excluding carboxylic acids is 1. The Morgan fingerprint density at radius 1 is 0.967 bits per heavy atom. The highest BCUT2D eigenvalue weighted by molar-refractivity contribution is 6.30. The maximum atomic E-state index is 12.9. The van der Waals surface area contributed by atoms with Crippen LogP contribution in [0.4, 0.5) is 0 Å². The molecule has 3 aromatic carbocycles. The number of hydrogen-bond donors (Lipinski definition) is 2. The number of hydrogen-bond acceptors (Lipinski definition) is 2. The number of nitrogens with zero attached hydrogens (tertiary/aromatic N) is 1. The van der Waals surface area contributed by atoms with Gasteiger partial charge >= 0.3 is 0 Å². The van der Waals surface area contributed by atoms with E-state index in [9.17, 15) is 4.79 Å². The predicted molar refractivity (Wildman–Crippen MR) is 122 cm³/mol. The number of para-hydroxylation sites is 2. The number of rotatable bonds is 6. The molecular weight excluding hydrogens is 417 g/mol. The molecule has 1 heterocycles. The Hall–Kier alpha value is -2.82. The Kier molecular flexibility index (Phi) is 6.07. The Morgan fingerprint density at radius 2 is 1.60 bits per heavy atom. The van der Waals surface area contributed by atoms with Crippen LogP contribution in [0.5, 0.6) is 0 Å². The molecule has 1 aromatic heterocycles. The van der Waals surface area contributed by atoms with Crippen LogP contribution in [-0.4, -0.2) is 21.9 Å². The SMILES string of the molecule is CC(NC(=O)c1nc2ccccc2[nH]1)C(Cc1ccc(Cl)cc1)c1ccc(Cl)cc1. The number of halogens is 2. The lowest BCUT2D eigenvalue weighted by atomic mass is 9.86. The lowest BCUT2D eigenvalue weighted by molar-refractivity contribution is 0.0925. The van der Waals surface area contributed by atoms with Gasteiger partial charge < -0.3 is 10.3 Å². The minimum Gasteiger partial charge on any atom is -0.346 e. The minimum absolute atomic E-state index is 0.0526. The van der Waals surface area contributed by atoms with Crippen molar-refractivity contribution in [1.82, 2.24) is 15.3 Å². The zero-order valence-electron chi connectivity index (χ0n) is 16.4. The highest BCUT2D eigenvalue weighted by Crippen LogP contribution is 2.27. The summed E-state index contributed by atoms with van der Waals surface area (Å²) in [7, 11) is 0. The number of benzene rings is 3. The van der Waals surface area contributed by atoms with Crippen LogP contribution in [0, 0.1) is 0 Å². The van der Waals surface area contributed by atoms with E-state index in [1.807, 2.05) is 79.7 Å². The number of aromatic amines is 1. The van der Waals surface area contributed by atoms with Crippen molar-refractivity contribution in [3.8, 4) is 0 Å². The zero-order chi connectivity index (χ0) is 21.1. The van der Waals surface area contributed by atoms with Gasteiger partial charge in [-0.05, 0) is 60.9 Å². The Morgan fingerprint density at radius 3 is 2.27 bits per heavy atom. The normalized spacial score (nSPS) is 13.2. The van der Waals surface area contributed by atoms with Crippen molar-refractivity contribution in [2.75, 3.05) is 0 Å². The summed E-state index contributed by atoms with van der Waals surface area (Å²) in [6.45, 7) is 2.01. The molecule has 4 nitrogen and oxygen atoms in total. The Bertz CT molecular complexity index is 1120. The molecule has 0 aliphatic heterocycles. The maximum Gasteiger partial charge on any atom is 0.287 e. The van der Waals surface area contributed by atoms with Crippen LogP contribution in [0.1, 0.15) is 34.6 Å². The molecule has 4 rings (SSSR count). The van der Waals surface area contributed by atoms with Crippen molar-refractivity contribution in [1.29, 1.82) is 0 Å². The molecule has 2 N–H and O–H groups in total. The molecule has 152 valence electrons. The first kappa shape index (κ1) is 20.5. The van der Waals surface area contributed by atoms with E-state index in [1.54, 1.807) is 0 Å². The first-order valence-corrected chi connectivity index (χ1v) is 10.5. The van der Waals surface area contributed by atoms with Gasteiger partial charge in [-0.25, -0.2) is 4.98 Å². The summed E-state index contributed by atoms with van der Waals surface area (Å²) in [5.41, 5.74) is 3.85. The quantitative estimate of drug-likeness (QED) is 0.387. The van der Waals surface area contributed by atoms with E-state index < -0.39 is 0 Å². The summed E-state index contributed by atoms with van der Waals surface area (Å²) >= 11 is 12.1. The highest BCUT2D eigenvalue weighted by Gasteiger charge is 2.23. The molecule has 0 spiro atoms. The molecule has 6 heteroatoms. The van der Waals surface area contributed by atoms with Gasteiger partial charge in [-0.15, -0.1) is 0 Å². The number of aromatic nitrogens is 2. The Balaban J connectivity index is 1.57. The third-order valence-corrected chi connectivity index (χ3v) is 5.74. The van der Waals surface area contributed by atoms with Crippen molar-refractivity contribution >= 4 is 40.1 Å². The first-order chi connectivity index (χ1) is 14.5. The second-order valence-corrected chi connectivity index (χ2v) is 8.23. The molecule has 0 aliphatic rings. The number of carbonyl (C=O) groups is 1. The van der Waals surface area contributed by atoms with Crippen molar-refractivity contribution in [3.63, 3.8) is 0 Å². The molecule has 1 amide bonds. The number of H-pyrrole nitrogens is 1. The maximum absolute atomic E-state index is 12.9. The molecule has 0 saturated carbocycles. The van der Waals surface area contributed by atoms with E-state index in [4.69, 9.17) is 23.2 Å². The van der Waals surface area contributed by atoms with Crippen LogP contribution in [0.15, 0.2) is 72.8 Å². The van der Waals surface area contributed by atoms with Crippen molar-refractivity contribution in [2.24, 2.45) is 0 Å². The van der Waals surface area contributed by atoms with Gasteiger partial charge in [0.25, 0.3) is 5.91 Å². The van der Waals surface area contributed by atoms with Gasteiger partial charge in [0, 0.05) is 22.0 Å². The molecule has 0 radical (unpaired) electrons. The smallest absolute Gasteiger partial charge is 0.287 e. The van der Waals surface area contributed by atoms with Gasteiger partial charge in [0.05, 0.1) is 11.0 Å². The largest absolute Gasteiger partial charge is 0.346 e. The molecule has 0 aliphatic carbocycles. The molecular formula is C24H21Cl2N3O. The first-order valence-electron chi connectivity index (χ1n) is 9.75. The summed E-state index contributed by atoms with van der Waals surface area (Å²) in [5.74, 6) is 0.134. The molecule has 2 unspecified atom stereocenters. The van der Waals surface area contributed by atoms with Crippen molar-refractivity contribution in [3.05, 3.63) is 99.8 Å². The summed E-state index contributed by atoms with van der Waals surface area (Å²) < 4.78 is 0. The van der Waals surface area contributed by atoms with Crippen LogP contribution < -0.4 is 5.32 Å². The van der Waals surface area contributed by atoms with Crippen LogP contribution in [0.3, 0.4) is 0 Å². The topological polar surface area (TPSA) is 57.8 Å². The van der Waals surface area contributed by atoms with Crippen molar-refractivity contribution in [2.45, 2.75) is 25.3 Å². The average molecular weight is 438 g/mol. The fourth-order valence-corrected chi connectivity index (χ4v) is 3.86. The molecule has 0 saturated heterocycles. The van der Waals surface area contributed by atoms with E-state index in [2.05, 4.69) is 15.3 Å². The second-order valence-electron chi connectivity index (χ2n) is 7.35. The standard InChI is InChI=1S/C24H21Cl2N3O/c1-15(27-24(30)23-28-21-4-2-3-5-22(21)29-23)20(17-8-12-19(26)13-9-17)14-16-6-10-18(25)11-7-16/h2-13,15,20H,14H2,1H3,(H,27,30)(H,28,29). The Labute approximate surface area is 185 Å². The molecule has 0 bridgehead atoms. The van der Waals surface area contributed by atoms with Gasteiger partial charge in [0.15, 0.2) is 5.82 Å². The molecule has 2 atom stereocenters. The van der Waals surface area contributed by atoms with Gasteiger partial charge in [-0.3, -0.25) is 4.79 Å². The van der Waals surface area contributed by atoms with E-state index >= 15 is 0 Å². The van der Waals surface area contributed by atoms with Crippen LogP contribution in [-0.2, 0) is 6.42 Å². The molecule has 30 heavy (non-hydrogen) atoms. The minimum atomic E-state index is -0.228. The summed E-state index contributed by atoms with van der Waals surface area (Å²) in [6, 6.07) is 23.0. The van der Waals surface area contributed by atoms with E-state index in [-0.39, 0.29) is 17.9 Å². The van der Waals surface area contributed by atoms with Crippen molar-refractivity contribution < 1.29 is 4.79 Å². The van der Waals surface area contributed by atoms with Gasteiger partial charge in [0.2, 0.25) is 0 Å². The van der Waals surface area contributed by atoms with Crippen LogP contribution in [0.2, 0.25) is 10.0 Å². The second kappa shape index (κ2) is 8.90. The van der Waals surface area contributed by atoms with Crippen LogP contribution >= 0.6 is 23.2 Å². The van der Waals surface area contributed by atoms with E-state index in [1.165, 1.54) is 0 Å². The van der Waals surface area contributed by atoms with Crippen LogP contribution in [0.25, 0.3) is 11.0 Å². The number of amides is 1. The zero-order valence-corrected chi connectivity index (χ0v) is 17.9. The predicted octanol–water partition coefficient (Wildman–Crippen LogP) is 6.01. The number of fused-ring (bicyclic) bond motifs is 1. The summed E-state index contributed by atoms with van der Waals surface area (Å²) in [5, 5.41) is 4.50. The lowest BCUT2D eigenvalue weighted by Gasteiger charge is -2.25. The summed E-state index contributed by atoms with van der Waals surface area (Å²) in [6.07, 6.45) is 0.750. The highest BCUT2D eigenvalue weighted by atomic mass is 35.5. The van der Waals surface area contributed by atoms with Gasteiger partial charge in [0.1, 0.15) is 0 Å². The average Bonchev–Trinajstić information content (AvgIpc) is 3.18. The monoisotopic (exact) mass is 437 g/mol. The fraction of sp³-hybridized carbons (Fsp3) is 0.167. The van der Waals surface area contributed by atoms with Gasteiger partial charge in [-0.2, -0.15) is 0 Å². The third kappa shape index (κ3) is 4.66. The lowest BCUT2D eigenvalue weighted by Crippen LogP contribution is -2.38. The fourth-order valence-electron chi connectivity index (χ4n) is 3.60.